The average molecular weight is 449 g/mol. The van der Waals surface area contributed by atoms with Crippen molar-refractivity contribution in [3.05, 3.63) is 83.2 Å². The van der Waals surface area contributed by atoms with Gasteiger partial charge in [-0.15, -0.1) is 0 Å². The number of hydrogen-bond donors (Lipinski definition) is 0. The van der Waals surface area contributed by atoms with Crippen molar-refractivity contribution >= 4 is 28.9 Å². The van der Waals surface area contributed by atoms with E-state index in [9.17, 15) is 5.26 Å². The maximum atomic E-state index is 10.1. The Morgan fingerprint density at radius 1 is 1.06 bits per heavy atom. The molecule has 5 nitrogen and oxygen atoms in total. The van der Waals surface area contributed by atoms with E-state index in [0.29, 0.717) is 28.6 Å². The number of benzene rings is 3. The highest BCUT2D eigenvalue weighted by molar-refractivity contribution is 6.02. The summed E-state index contributed by atoms with van der Waals surface area (Å²) in [6, 6.07) is 23.2. The molecule has 3 aromatic carbocycles. The molecule has 1 fully saturated rings. The van der Waals surface area contributed by atoms with E-state index in [1.165, 1.54) is 0 Å². The van der Waals surface area contributed by atoms with Gasteiger partial charge in [-0.1, -0.05) is 60.7 Å². The summed E-state index contributed by atoms with van der Waals surface area (Å²) in [6.07, 6.45) is 4.94. The van der Waals surface area contributed by atoms with E-state index in [0.717, 1.165) is 47.5 Å². The number of oxazole rings is 1. The van der Waals surface area contributed by atoms with Crippen molar-refractivity contribution in [3.8, 4) is 17.2 Å². The fourth-order valence-corrected chi connectivity index (χ4v) is 4.83. The summed E-state index contributed by atoms with van der Waals surface area (Å²) in [5.41, 5.74) is 7.08. The van der Waals surface area contributed by atoms with Crippen LogP contribution < -0.4 is 4.90 Å². The van der Waals surface area contributed by atoms with Gasteiger partial charge in [0, 0.05) is 30.8 Å². The third kappa shape index (κ3) is 3.98. The van der Waals surface area contributed by atoms with Gasteiger partial charge in [0.05, 0.1) is 11.3 Å². The summed E-state index contributed by atoms with van der Waals surface area (Å²) in [4.78, 5) is 9.45. The molecule has 5 rings (SSSR count). The van der Waals surface area contributed by atoms with Gasteiger partial charge in [0.25, 0.3) is 0 Å². The number of aromatic nitrogens is 1. The normalized spacial score (nSPS) is 16.1. The molecule has 0 saturated carbocycles. The zero-order chi connectivity index (χ0) is 23.7. The van der Waals surface area contributed by atoms with Crippen molar-refractivity contribution in [1.29, 1.82) is 5.26 Å². The van der Waals surface area contributed by atoms with E-state index in [1.807, 2.05) is 67.6 Å². The molecule has 1 saturated heterocycles. The Morgan fingerprint density at radius 3 is 2.41 bits per heavy atom. The summed E-state index contributed by atoms with van der Waals surface area (Å²) in [6.45, 7) is 3.86. The highest BCUT2D eigenvalue weighted by Gasteiger charge is 2.31. The largest absolute Gasteiger partial charge is 0.434 e. The summed E-state index contributed by atoms with van der Waals surface area (Å²) in [7, 11) is 4.26. The van der Waals surface area contributed by atoms with Gasteiger partial charge in [0.2, 0.25) is 5.89 Å². The number of hydrogen-bond acceptors (Lipinski definition) is 5. The maximum absolute atomic E-state index is 10.1. The number of nitriles is 1. The summed E-state index contributed by atoms with van der Waals surface area (Å²) in [5.74, 6) is 0.504. The molecule has 1 aliphatic heterocycles. The second-order valence-electron chi connectivity index (χ2n) is 9.03. The Kier molecular flexibility index (Phi) is 5.91. The molecule has 0 unspecified atom stereocenters. The molecule has 34 heavy (non-hydrogen) atoms. The molecule has 0 bridgehead atoms. The van der Waals surface area contributed by atoms with Gasteiger partial charge in [0.15, 0.2) is 5.58 Å². The third-order valence-electron chi connectivity index (χ3n) is 6.68. The first kappa shape index (κ1) is 21.9. The minimum absolute atomic E-state index is 0.468. The molecular formula is C29H28N4O. The Labute approximate surface area is 200 Å². The predicted octanol–water partition coefficient (Wildman–Crippen LogP) is 5.99. The molecular weight excluding hydrogens is 420 g/mol. The van der Waals surface area contributed by atoms with E-state index in [2.05, 4.69) is 42.1 Å². The van der Waals surface area contributed by atoms with E-state index < -0.39 is 0 Å². The molecule has 0 amide bonds. The lowest BCUT2D eigenvalue weighted by Crippen LogP contribution is -2.31. The van der Waals surface area contributed by atoms with Gasteiger partial charge in [0.1, 0.15) is 11.6 Å². The average Bonchev–Trinajstić information content (AvgIpc) is 3.51. The number of anilines is 1. The van der Waals surface area contributed by atoms with Gasteiger partial charge >= 0.3 is 0 Å². The van der Waals surface area contributed by atoms with E-state index in [1.54, 1.807) is 0 Å². The van der Waals surface area contributed by atoms with Crippen molar-refractivity contribution < 1.29 is 4.42 Å². The maximum Gasteiger partial charge on any atom is 0.220 e. The van der Waals surface area contributed by atoms with Crippen LogP contribution in [0, 0.1) is 18.3 Å². The molecule has 170 valence electrons. The Balaban J connectivity index is 1.72. The number of nitrogens with zero attached hydrogens (tertiary/aromatic N) is 4. The first-order valence-electron chi connectivity index (χ1n) is 11.6. The summed E-state index contributed by atoms with van der Waals surface area (Å²) < 4.78 is 6.38. The van der Waals surface area contributed by atoms with Gasteiger partial charge in [-0.2, -0.15) is 5.26 Å². The monoisotopic (exact) mass is 448 g/mol. The Hall–Kier alpha value is -3.88. The van der Waals surface area contributed by atoms with Crippen LogP contribution in [0.4, 0.5) is 5.69 Å². The summed E-state index contributed by atoms with van der Waals surface area (Å²) in [5, 5.41) is 10.1. The van der Waals surface area contributed by atoms with Crippen LogP contribution in [-0.4, -0.2) is 43.1 Å². The SMILES string of the molecule is Cc1c(-c2ccccc2)c(N2CC[C@H](N(C)C)C2)c2oc(/C=C/c3ccccc3)nc2c1C#N. The fraction of sp³-hybridized carbons (Fsp3) is 0.241. The van der Waals surface area contributed by atoms with Crippen LogP contribution in [-0.2, 0) is 0 Å². The van der Waals surface area contributed by atoms with Crippen molar-refractivity contribution in [2.75, 3.05) is 32.1 Å². The molecule has 0 aliphatic carbocycles. The highest BCUT2D eigenvalue weighted by Crippen LogP contribution is 2.44. The van der Waals surface area contributed by atoms with Crippen LogP contribution in [0.25, 0.3) is 34.4 Å². The Bertz CT molecular complexity index is 1380. The van der Waals surface area contributed by atoms with Crippen molar-refractivity contribution in [1.82, 2.24) is 9.88 Å². The zero-order valence-corrected chi connectivity index (χ0v) is 19.8. The molecule has 5 heteroatoms. The molecule has 0 N–H and O–H groups in total. The number of rotatable bonds is 5. The minimum Gasteiger partial charge on any atom is -0.434 e. The quantitative estimate of drug-likeness (QED) is 0.376. The molecule has 1 aromatic heterocycles. The van der Waals surface area contributed by atoms with Gasteiger partial charge < -0.3 is 14.2 Å². The lowest BCUT2D eigenvalue weighted by Gasteiger charge is -2.25. The van der Waals surface area contributed by atoms with Crippen molar-refractivity contribution in [2.45, 2.75) is 19.4 Å². The van der Waals surface area contributed by atoms with Crippen molar-refractivity contribution in [2.24, 2.45) is 0 Å². The van der Waals surface area contributed by atoms with Crippen LogP contribution in [0.5, 0.6) is 0 Å². The molecule has 0 radical (unpaired) electrons. The number of fused-ring (bicyclic) bond motifs is 1. The fourth-order valence-electron chi connectivity index (χ4n) is 4.83. The van der Waals surface area contributed by atoms with Crippen LogP contribution in [0.3, 0.4) is 0 Å². The topological polar surface area (TPSA) is 56.3 Å². The second kappa shape index (κ2) is 9.17. The minimum atomic E-state index is 0.468. The lowest BCUT2D eigenvalue weighted by molar-refractivity contribution is 0.315. The van der Waals surface area contributed by atoms with Crippen molar-refractivity contribution in [3.63, 3.8) is 0 Å². The van der Waals surface area contributed by atoms with Crippen LogP contribution in [0.15, 0.2) is 65.1 Å². The van der Waals surface area contributed by atoms with E-state index >= 15 is 0 Å². The van der Waals surface area contributed by atoms with E-state index in [4.69, 9.17) is 9.40 Å². The smallest absolute Gasteiger partial charge is 0.220 e. The lowest BCUT2D eigenvalue weighted by atomic mass is 9.93. The second-order valence-corrected chi connectivity index (χ2v) is 9.03. The molecule has 0 spiro atoms. The summed E-state index contributed by atoms with van der Waals surface area (Å²) >= 11 is 0. The van der Waals surface area contributed by atoms with E-state index in [-0.39, 0.29) is 0 Å². The predicted molar refractivity (Wildman–Crippen MR) is 139 cm³/mol. The highest BCUT2D eigenvalue weighted by atomic mass is 16.3. The van der Waals surface area contributed by atoms with Gasteiger partial charge in [-0.25, -0.2) is 4.98 Å². The number of likely N-dealkylation sites (N-methyl/N-ethyl adjacent to an activating group) is 1. The standard InChI is InChI=1S/C29H28N4O/c1-20-24(18-30)27-29(34-25(31-27)15-14-21-10-6-4-7-11-21)28(26(20)22-12-8-5-9-13-22)33-17-16-23(19-33)32(2)3/h4-15,23H,16-17,19H2,1-3H3/b15-14+/t23-/m0/s1. The van der Waals surface area contributed by atoms with Crippen LogP contribution in [0.1, 0.15) is 29.0 Å². The van der Waals surface area contributed by atoms with Gasteiger partial charge in [-0.3, -0.25) is 0 Å². The molecule has 1 atom stereocenters. The first-order chi connectivity index (χ1) is 16.6. The Morgan fingerprint density at radius 2 is 1.76 bits per heavy atom. The van der Waals surface area contributed by atoms with Crippen LogP contribution in [0.2, 0.25) is 0 Å². The van der Waals surface area contributed by atoms with Gasteiger partial charge in [-0.05, 0) is 50.2 Å². The molecule has 4 aromatic rings. The first-order valence-corrected chi connectivity index (χ1v) is 11.6. The third-order valence-corrected chi connectivity index (χ3v) is 6.68. The molecule has 1 aliphatic rings. The van der Waals surface area contributed by atoms with Crippen LogP contribution >= 0.6 is 0 Å². The zero-order valence-electron chi connectivity index (χ0n) is 19.8. The molecule has 2 heterocycles.